The second-order valence-corrected chi connectivity index (χ2v) is 8.69. The Morgan fingerprint density at radius 1 is 0.933 bits per heavy atom. The molecular weight excluding hydrogens is 460 g/mol. The summed E-state index contributed by atoms with van der Waals surface area (Å²) < 4.78 is 8.29. The molecule has 0 aliphatic heterocycles. The van der Waals surface area contributed by atoms with E-state index in [1.54, 1.807) is 10.7 Å². The molecule has 150 valence electrons. The van der Waals surface area contributed by atoms with Crippen molar-refractivity contribution in [1.29, 1.82) is 0 Å². The van der Waals surface area contributed by atoms with Crippen molar-refractivity contribution in [3.05, 3.63) is 100 Å². The topological polar surface area (TPSA) is 44.1 Å². The molecule has 1 aromatic heterocycles. The lowest BCUT2D eigenvalue weighted by molar-refractivity contribution is 0.0717. The quantitative estimate of drug-likeness (QED) is 0.302. The first-order valence-corrected chi connectivity index (χ1v) is 11.0. The first-order valence-electron chi connectivity index (χ1n) is 9.39. The van der Waals surface area contributed by atoms with Gasteiger partial charge in [0.05, 0.1) is 21.8 Å². The van der Waals surface area contributed by atoms with Crippen molar-refractivity contribution in [2.24, 2.45) is 0 Å². The first-order chi connectivity index (χ1) is 14.5. The molecule has 0 aliphatic carbocycles. The third-order valence-electron chi connectivity index (χ3n) is 4.49. The van der Waals surface area contributed by atoms with Gasteiger partial charge in [-0.25, -0.2) is 4.79 Å². The van der Waals surface area contributed by atoms with E-state index in [0.29, 0.717) is 15.9 Å². The third-order valence-corrected chi connectivity index (χ3v) is 6.36. The van der Waals surface area contributed by atoms with E-state index in [-0.39, 0.29) is 0 Å². The molecule has 0 aliphatic rings. The number of rotatable bonds is 5. The van der Waals surface area contributed by atoms with E-state index in [2.05, 4.69) is 52.2 Å². The minimum atomic E-state index is -0.440. The van der Waals surface area contributed by atoms with E-state index in [1.807, 2.05) is 55.5 Å². The number of aryl methyl sites for hydroxylation is 2. The summed E-state index contributed by atoms with van der Waals surface area (Å²) in [6, 6.07) is 25.1. The van der Waals surface area contributed by atoms with Gasteiger partial charge < -0.3 is 4.74 Å². The van der Waals surface area contributed by atoms with Gasteiger partial charge in [-0.2, -0.15) is 9.78 Å². The zero-order valence-electron chi connectivity index (χ0n) is 16.5. The van der Waals surface area contributed by atoms with Crippen molar-refractivity contribution in [2.75, 3.05) is 0 Å². The summed E-state index contributed by atoms with van der Waals surface area (Å²) in [6.07, 6.45) is 0. The van der Waals surface area contributed by atoms with Crippen LogP contribution in [0.4, 0.5) is 0 Å². The van der Waals surface area contributed by atoms with E-state index in [4.69, 9.17) is 4.74 Å². The number of carbonyl (C=O) groups excluding carboxylic acids is 1. The molecule has 0 atom stereocenters. The average molecular weight is 479 g/mol. The lowest BCUT2D eigenvalue weighted by Gasteiger charge is -2.11. The summed E-state index contributed by atoms with van der Waals surface area (Å²) in [5.41, 5.74) is 3.27. The standard InChI is InChI=1S/C24H19BrN2O2S/c1-16-12-14-19(15-13-16)30-22-17(2)26-27(18-8-4-3-5-9-18)23(22)29-24(28)20-10-6-7-11-21(20)25/h3-15H,1-2H3. The Morgan fingerprint density at radius 3 is 2.30 bits per heavy atom. The van der Waals surface area contributed by atoms with Crippen LogP contribution in [-0.4, -0.2) is 15.7 Å². The lowest BCUT2D eigenvalue weighted by atomic mass is 10.2. The highest BCUT2D eigenvalue weighted by Crippen LogP contribution is 2.39. The van der Waals surface area contributed by atoms with Crippen LogP contribution in [0.15, 0.2) is 93.1 Å². The fourth-order valence-electron chi connectivity index (χ4n) is 2.94. The van der Waals surface area contributed by atoms with E-state index in [0.717, 1.165) is 21.2 Å². The first kappa shape index (κ1) is 20.4. The average Bonchev–Trinajstić information content (AvgIpc) is 3.06. The molecule has 6 heteroatoms. The van der Waals surface area contributed by atoms with Crippen molar-refractivity contribution in [1.82, 2.24) is 9.78 Å². The smallest absolute Gasteiger partial charge is 0.346 e. The van der Waals surface area contributed by atoms with Gasteiger partial charge in [-0.15, -0.1) is 0 Å². The number of hydrogen-bond donors (Lipinski definition) is 0. The molecule has 4 aromatic rings. The Balaban J connectivity index is 1.78. The fraction of sp³-hybridized carbons (Fsp3) is 0.0833. The van der Waals surface area contributed by atoms with Crippen LogP contribution in [0.3, 0.4) is 0 Å². The summed E-state index contributed by atoms with van der Waals surface area (Å²) >= 11 is 4.96. The van der Waals surface area contributed by atoms with Crippen LogP contribution in [0.5, 0.6) is 5.88 Å². The summed E-state index contributed by atoms with van der Waals surface area (Å²) in [5, 5.41) is 4.67. The third kappa shape index (κ3) is 4.35. The number of halogens is 1. The molecule has 4 nitrogen and oxygen atoms in total. The Morgan fingerprint density at radius 2 is 1.60 bits per heavy atom. The molecule has 0 radical (unpaired) electrons. The zero-order chi connectivity index (χ0) is 21.1. The predicted molar refractivity (Wildman–Crippen MR) is 123 cm³/mol. The second kappa shape index (κ2) is 8.90. The Hall–Kier alpha value is -2.83. The number of aromatic nitrogens is 2. The summed E-state index contributed by atoms with van der Waals surface area (Å²) in [6.45, 7) is 3.98. The van der Waals surface area contributed by atoms with Gasteiger partial charge in [-0.3, -0.25) is 0 Å². The van der Waals surface area contributed by atoms with Gasteiger partial charge >= 0.3 is 5.97 Å². The maximum absolute atomic E-state index is 13.0. The number of hydrogen-bond acceptors (Lipinski definition) is 4. The van der Waals surface area contributed by atoms with Gasteiger partial charge in [0.15, 0.2) is 0 Å². The van der Waals surface area contributed by atoms with Crippen LogP contribution in [0.25, 0.3) is 5.69 Å². The molecule has 4 rings (SSSR count). The fourth-order valence-corrected chi connectivity index (χ4v) is 4.30. The molecular formula is C24H19BrN2O2S. The maximum Gasteiger partial charge on any atom is 0.346 e. The Labute approximate surface area is 188 Å². The highest BCUT2D eigenvalue weighted by atomic mass is 79.9. The largest absolute Gasteiger partial charge is 0.402 e. The van der Waals surface area contributed by atoms with E-state index in [9.17, 15) is 4.79 Å². The molecule has 0 fully saturated rings. The highest BCUT2D eigenvalue weighted by Gasteiger charge is 2.23. The van der Waals surface area contributed by atoms with Gasteiger partial charge in [0, 0.05) is 9.37 Å². The Bertz CT molecular complexity index is 1190. The molecule has 0 bridgehead atoms. The zero-order valence-corrected chi connectivity index (χ0v) is 18.9. The van der Waals surface area contributed by atoms with Crippen molar-refractivity contribution < 1.29 is 9.53 Å². The van der Waals surface area contributed by atoms with Gasteiger partial charge in [0.2, 0.25) is 5.88 Å². The molecule has 0 saturated carbocycles. The molecule has 0 N–H and O–H groups in total. The summed E-state index contributed by atoms with van der Waals surface area (Å²) in [7, 11) is 0. The second-order valence-electron chi connectivity index (χ2n) is 6.75. The molecule has 30 heavy (non-hydrogen) atoms. The number of benzene rings is 3. The number of esters is 1. The van der Waals surface area contributed by atoms with Gasteiger partial charge in [-0.05, 0) is 66.2 Å². The van der Waals surface area contributed by atoms with Crippen molar-refractivity contribution in [3.8, 4) is 11.6 Å². The van der Waals surface area contributed by atoms with E-state index < -0.39 is 5.97 Å². The van der Waals surface area contributed by atoms with Crippen LogP contribution >= 0.6 is 27.7 Å². The minimum absolute atomic E-state index is 0.407. The van der Waals surface area contributed by atoms with Gasteiger partial charge in [0.1, 0.15) is 0 Å². The minimum Gasteiger partial charge on any atom is -0.402 e. The van der Waals surface area contributed by atoms with Crippen molar-refractivity contribution >= 4 is 33.7 Å². The van der Waals surface area contributed by atoms with Gasteiger partial charge in [0.25, 0.3) is 0 Å². The van der Waals surface area contributed by atoms with E-state index >= 15 is 0 Å². The van der Waals surface area contributed by atoms with Crippen LogP contribution in [-0.2, 0) is 0 Å². The molecule has 0 spiro atoms. The highest BCUT2D eigenvalue weighted by molar-refractivity contribution is 9.10. The molecule has 0 unspecified atom stereocenters. The number of para-hydroxylation sites is 1. The SMILES string of the molecule is Cc1ccc(Sc2c(C)nn(-c3ccccc3)c2OC(=O)c2ccccc2Br)cc1. The number of carbonyl (C=O) groups is 1. The number of ether oxygens (including phenoxy) is 1. The maximum atomic E-state index is 13.0. The summed E-state index contributed by atoms with van der Waals surface area (Å²) in [5.74, 6) is -0.0321. The summed E-state index contributed by atoms with van der Waals surface area (Å²) in [4.78, 5) is 14.8. The van der Waals surface area contributed by atoms with Crippen LogP contribution < -0.4 is 4.74 Å². The van der Waals surface area contributed by atoms with Crippen LogP contribution in [0.2, 0.25) is 0 Å². The number of nitrogens with zero attached hydrogens (tertiary/aromatic N) is 2. The van der Waals surface area contributed by atoms with Crippen LogP contribution in [0.1, 0.15) is 21.6 Å². The van der Waals surface area contributed by atoms with Crippen LogP contribution in [0, 0.1) is 13.8 Å². The molecule has 0 saturated heterocycles. The monoisotopic (exact) mass is 478 g/mol. The van der Waals surface area contributed by atoms with E-state index in [1.165, 1.54) is 17.3 Å². The Kier molecular flexibility index (Phi) is 6.06. The normalized spacial score (nSPS) is 10.8. The predicted octanol–water partition coefficient (Wildman–Crippen LogP) is 6.62. The van der Waals surface area contributed by atoms with Crippen molar-refractivity contribution in [3.63, 3.8) is 0 Å². The molecule has 1 heterocycles. The molecule has 3 aromatic carbocycles. The van der Waals surface area contributed by atoms with Gasteiger partial charge in [-0.1, -0.05) is 59.8 Å². The lowest BCUT2D eigenvalue weighted by Crippen LogP contribution is -2.12. The van der Waals surface area contributed by atoms with Crippen molar-refractivity contribution in [2.45, 2.75) is 23.6 Å². The molecule has 0 amide bonds.